The van der Waals surface area contributed by atoms with E-state index in [4.69, 9.17) is 4.74 Å². The molecule has 0 bridgehead atoms. The maximum absolute atomic E-state index is 13.0. The second-order valence-corrected chi connectivity index (χ2v) is 5.76. The molecule has 1 heterocycles. The predicted octanol–water partition coefficient (Wildman–Crippen LogP) is 2.43. The van der Waals surface area contributed by atoms with Gasteiger partial charge in [0.05, 0.1) is 13.5 Å². The molecule has 0 aliphatic carbocycles. The van der Waals surface area contributed by atoms with Gasteiger partial charge >= 0.3 is 11.9 Å². The first-order chi connectivity index (χ1) is 12.0. The van der Waals surface area contributed by atoms with Crippen molar-refractivity contribution in [1.29, 1.82) is 0 Å². The smallest absolute Gasteiger partial charge is 0.323 e. The maximum Gasteiger partial charge on any atom is 0.323 e. The van der Waals surface area contributed by atoms with Crippen molar-refractivity contribution in [1.82, 2.24) is 0 Å². The minimum atomic E-state index is -1.10. The van der Waals surface area contributed by atoms with Gasteiger partial charge in [-0.3, -0.25) is 19.3 Å². The molecule has 25 heavy (non-hydrogen) atoms. The Morgan fingerprint density at radius 3 is 2.40 bits per heavy atom. The van der Waals surface area contributed by atoms with Crippen molar-refractivity contribution in [3.05, 3.63) is 65.2 Å². The van der Waals surface area contributed by atoms with Crippen LogP contribution in [0.25, 0.3) is 0 Å². The second kappa shape index (κ2) is 6.76. The van der Waals surface area contributed by atoms with Gasteiger partial charge in [0.25, 0.3) is 5.91 Å². The van der Waals surface area contributed by atoms with Gasteiger partial charge in [0.2, 0.25) is 0 Å². The van der Waals surface area contributed by atoms with Crippen LogP contribution in [0.3, 0.4) is 0 Å². The number of methoxy groups -OCH3 is 1. The Morgan fingerprint density at radius 2 is 1.72 bits per heavy atom. The Bertz CT molecular complexity index is 845. The number of hydrogen-bond donors (Lipinski definition) is 1. The number of fused-ring (bicyclic) bond motifs is 2. The molecule has 0 fully saturated rings. The molecule has 2 aromatic carbocycles. The van der Waals surface area contributed by atoms with E-state index in [0.717, 1.165) is 5.56 Å². The van der Waals surface area contributed by atoms with E-state index < -0.39 is 24.4 Å². The first-order valence-electron chi connectivity index (χ1n) is 7.81. The fourth-order valence-corrected chi connectivity index (χ4v) is 3.21. The monoisotopic (exact) mass is 339 g/mol. The highest BCUT2D eigenvalue weighted by Gasteiger charge is 2.34. The zero-order chi connectivity index (χ0) is 18.0. The van der Waals surface area contributed by atoms with Crippen LogP contribution in [0.1, 0.15) is 33.8 Å². The Morgan fingerprint density at radius 1 is 1.08 bits per heavy atom. The summed E-state index contributed by atoms with van der Waals surface area (Å²) >= 11 is 0. The SMILES string of the molecule is COC(=O)CC1c2ccccc2C(=O)N(CC(=O)O)c2ccccc21. The zero-order valence-corrected chi connectivity index (χ0v) is 13.6. The first kappa shape index (κ1) is 16.7. The highest BCUT2D eigenvalue weighted by Crippen LogP contribution is 2.40. The third-order valence-electron chi connectivity index (χ3n) is 4.31. The minimum absolute atomic E-state index is 0.0682. The van der Waals surface area contributed by atoms with Crippen molar-refractivity contribution in [3.8, 4) is 0 Å². The molecule has 1 amide bonds. The van der Waals surface area contributed by atoms with Crippen molar-refractivity contribution in [3.63, 3.8) is 0 Å². The number of hydrogen-bond acceptors (Lipinski definition) is 4. The van der Waals surface area contributed by atoms with Gasteiger partial charge in [0.15, 0.2) is 0 Å². The number of esters is 1. The molecule has 1 atom stereocenters. The average molecular weight is 339 g/mol. The summed E-state index contributed by atoms with van der Waals surface area (Å²) in [5.41, 5.74) is 2.32. The van der Waals surface area contributed by atoms with E-state index in [1.54, 1.807) is 42.5 Å². The number of carbonyl (C=O) groups is 3. The molecule has 0 radical (unpaired) electrons. The van der Waals surface area contributed by atoms with Gasteiger partial charge in [-0.25, -0.2) is 0 Å². The molecule has 6 heteroatoms. The lowest BCUT2D eigenvalue weighted by atomic mass is 9.86. The normalized spacial score (nSPS) is 15.8. The quantitative estimate of drug-likeness (QED) is 0.865. The van der Waals surface area contributed by atoms with Crippen LogP contribution in [0.2, 0.25) is 0 Å². The van der Waals surface area contributed by atoms with E-state index in [2.05, 4.69) is 0 Å². The van der Waals surface area contributed by atoms with Crippen LogP contribution < -0.4 is 4.90 Å². The summed E-state index contributed by atoms with van der Waals surface area (Å²) in [4.78, 5) is 37.4. The topological polar surface area (TPSA) is 83.9 Å². The summed E-state index contributed by atoms with van der Waals surface area (Å²) in [5, 5.41) is 9.23. The molecule has 1 aliphatic heterocycles. The number of amides is 1. The number of benzene rings is 2. The van der Waals surface area contributed by atoms with Crippen molar-refractivity contribution in [2.24, 2.45) is 0 Å². The number of carbonyl (C=O) groups excluding carboxylic acids is 2. The molecule has 0 spiro atoms. The third kappa shape index (κ3) is 3.10. The lowest BCUT2D eigenvalue weighted by molar-refractivity contribution is -0.141. The number of para-hydroxylation sites is 1. The van der Waals surface area contributed by atoms with Crippen LogP contribution in [0.4, 0.5) is 5.69 Å². The van der Waals surface area contributed by atoms with E-state index in [1.807, 2.05) is 6.07 Å². The molecule has 6 nitrogen and oxygen atoms in total. The highest BCUT2D eigenvalue weighted by atomic mass is 16.5. The van der Waals surface area contributed by atoms with Crippen LogP contribution in [-0.4, -0.2) is 36.6 Å². The van der Waals surface area contributed by atoms with Crippen LogP contribution in [0.5, 0.6) is 0 Å². The Kier molecular flexibility index (Phi) is 4.52. The number of nitrogens with zero attached hydrogens (tertiary/aromatic N) is 1. The van der Waals surface area contributed by atoms with Crippen LogP contribution >= 0.6 is 0 Å². The van der Waals surface area contributed by atoms with Gasteiger partial charge in [-0.05, 0) is 23.3 Å². The fourth-order valence-electron chi connectivity index (χ4n) is 3.21. The molecule has 1 aliphatic rings. The van der Waals surface area contributed by atoms with Crippen molar-refractivity contribution in [2.75, 3.05) is 18.6 Å². The number of aliphatic carboxylic acids is 1. The van der Waals surface area contributed by atoms with Gasteiger partial charge in [0, 0.05) is 17.2 Å². The zero-order valence-electron chi connectivity index (χ0n) is 13.6. The number of ether oxygens (including phenoxy) is 1. The molecule has 2 aromatic rings. The molecule has 0 aromatic heterocycles. The molecular weight excluding hydrogens is 322 g/mol. The average Bonchev–Trinajstić information content (AvgIpc) is 2.71. The van der Waals surface area contributed by atoms with Gasteiger partial charge in [-0.1, -0.05) is 36.4 Å². The van der Waals surface area contributed by atoms with Crippen molar-refractivity contribution >= 4 is 23.5 Å². The largest absolute Gasteiger partial charge is 0.480 e. The Labute approximate surface area is 144 Å². The predicted molar refractivity (Wildman–Crippen MR) is 90.7 cm³/mol. The Balaban J connectivity index is 2.23. The number of carboxylic acids is 1. The standard InChI is InChI=1S/C19H17NO5/c1-25-18(23)10-15-12-6-2-3-8-14(12)19(24)20(11-17(21)22)16-9-5-4-7-13(15)16/h2-9,15H,10-11H2,1H3,(H,21,22). The van der Waals surface area contributed by atoms with Crippen LogP contribution in [-0.2, 0) is 14.3 Å². The van der Waals surface area contributed by atoms with Crippen LogP contribution in [0, 0.1) is 0 Å². The highest BCUT2D eigenvalue weighted by molar-refractivity contribution is 6.10. The molecule has 3 rings (SSSR count). The van der Waals surface area contributed by atoms with Gasteiger partial charge in [-0.2, -0.15) is 0 Å². The minimum Gasteiger partial charge on any atom is -0.480 e. The molecule has 0 saturated carbocycles. The molecule has 1 N–H and O–H groups in total. The molecule has 0 saturated heterocycles. The van der Waals surface area contributed by atoms with E-state index in [1.165, 1.54) is 12.0 Å². The van der Waals surface area contributed by atoms with E-state index >= 15 is 0 Å². The fraction of sp³-hybridized carbons (Fsp3) is 0.211. The van der Waals surface area contributed by atoms with E-state index in [0.29, 0.717) is 16.8 Å². The molecular formula is C19H17NO5. The van der Waals surface area contributed by atoms with Gasteiger partial charge < -0.3 is 9.84 Å². The summed E-state index contributed by atoms with van der Waals surface area (Å²) < 4.78 is 4.81. The summed E-state index contributed by atoms with van der Waals surface area (Å²) in [5.74, 6) is -2.28. The Hall–Kier alpha value is -3.15. The summed E-state index contributed by atoms with van der Waals surface area (Å²) in [6, 6.07) is 14.0. The lowest BCUT2D eigenvalue weighted by Gasteiger charge is -2.22. The summed E-state index contributed by atoms with van der Waals surface area (Å²) in [6.45, 7) is -0.449. The summed E-state index contributed by atoms with van der Waals surface area (Å²) in [6.07, 6.45) is 0.0682. The van der Waals surface area contributed by atoms with Crippen molar-refractivity contribution in [2.45, 2.75) is 12.3 Å². The lowest BCUT2D eigenvalue weighted by Crippen LogP contribution is -2.35. The van der Waals surface area contributed by atoms with Crippen molar-refractivity contribution < 1.29 is 24.2 Å². The molecule has 1 unspecified atom stereocenters. The second-order valence-electron chi connectivity index (χ2n) is 5.76. The number of anilines is 1. The van der Waals surface area contributed by atoms with E-state index in [-0.39, 0.29) is 12.3 Å². The number of rotatable bonds is 4. The van der Waals surface area contributed by atoms with Gasteiger partial charge in [-0.15, -0.1) is 0 Å². The molecule has 128 valence electrons. The first-order valence-corrected chi connectivity index (χ1v) is 7.81. The summed E-state index contributed by atoms with van der Waals surface area (Å²) in [7, 11) is 1.32. The van der Waals surface area contributed by atoms with E-state index in [9.17, 15) is 19.5 Å². The third-order valence-corrected chi connectivity index (χ3v) is 4.31. The van der Waals surface area contributed by atoms with Crippen LogP contribution in [0.15, 0.2) is 48.5 Å². The number of carboxylic acid groups (broad SMARTS) is 1. The maximum atomic E-state index is 13.0. The van der Waals surface area contributed by atoms with Gasteiger partial charge in [0.1, 0.15) is 6.54 Å².